The van der Waals surface area contributed by atoms with Crippen LogP contribution >= 0.6 is 11.6 Å². The lowest BCUT2D eigenvalue weighted by Crippen LogP contribution is -2.54. The Kier molecular flexibility index (Phi) is 9.06. The van der Waals surface area contributed by atoms with E-state index in [2.05, 4.69) is 24.2 Å². The van der Waals surface area contributed by atoms with Crippen molar-refractivity contribution in [2.75, 3.05) is 26.7 Å². The Hall–Kier alpha value is -3.53. The lowest BCUT2D eigenvalue weighted by atomic mass is 9.70. The van der Waals surface area contributed by atoms with Gasteiger partial charge in [0.1, 0.15) is 5.69 Å². The number of aromatic nitrogens is 3. The normalized spacial score (nSPS) is 22.7. The Morgan fingerprint density at radius 3 is 2.72 bits per heavy atom. The number of piperidine rings is 2. The van der Waals surface area contributed by atoms with Crippen molar-refractivity contribution in [2.24, 2.45) is 17.3 Å². The molecule has 5 rings (SSSR count). The molecule has 3 heterocycles. The summed E-state index contributed by atoms with van der Waals surface area (Å²) in [6, 6.07) is 9.81. The van der Waals surface area contributed by atoms with E-state index in [0.29, 0.717) is 37.5 Å². The number of benzene rings is 2. The number of carbonyl (C=O) groups is 2. The Balaban J connectivity index is 1.38. The summed E-state index contributed by atoms with van der Waals surface area (Å²) in [7, 11) is 1.75. The molecular weight excluding hydrogens is 576 g/mol. The summed E-state index contributed by atoms with van der Waals surface area (Å²) in [6.45, 7) is 7.80. The van der Waals surface area contributed by atoms with E-state index in [1.54, 1.807) is 35.8 Å². The fourth-order valence-electron chi connectivity index (χ4n) is 6.63. The van der Waals surface area contributed by atoms with Crippen molar-refractivity contribution >= 4 is 23.4 Å². The molecular formula is C32H38ClF2N5O3. The topological polar surface area (TPSA) is 80.6 Å². The van der Waals surface area contributed by atoms with Gasteiger partial charge < -0.3 is 14.5 Å². The number of ether oxygens (including phenoxy) is 1. The van der Waals surface area contributed by atoms with Gasteiger partial charge in [-0.15, -0.1) is 5.10 Å². The Labute approximate surface area is 255 Å². The van der Waals surface area contributed by atoms with E-state index in [9.17, 15) is 18.4 Å². The average molecular weight is 614 g/mol. The summed E-state index contributed by atoms with van der Waals surface area (Å²) in [5.41, 5.74) is 0.765. The van der Waals surface area contributed by atoms with Gasteiger partial charge in [-0.05, 0) is 61.9 Å². The zero-order valence-corrected chi connectivity index (χ0v) is 25.8. The molecule has 2 saturated heterocycles. The lowest BCUT2D eigenvalue weighted by Gasteiger charge is -2.48. The number of amides is 2. The third-order valence-electron chi connectivity index (χ3n) is 9.15. The van der Waals surface area contributed by atoms with Gasteiger partial charge in [-0.2, -0.15) is 4.39 Å². The third-order valence-corrected chi connectivity index (χ3v) is 9.39. The summed E-state index contributed by atoms with van der Waals surface area (Å²) in [4.78, 5) is 30.5. The molecule has 2 aliphatic rings. The molecule has 11 heteroatoms. The van der Waals surface area contributed by atoms with Crippen LogP contribution in [0.4, 0.5) is 8.78 Å². The molecule has 230 valence electrons. The minimum atomic E-state index is -1.06. The molecule has 0 radical (unpaired) electrons. The first-order valence-electron chi connectivity index (χ1n) is 14.9. The van der Waals surface area contributed by atoms with Crippen molar-refractivity contribution in [3.05, 3.63) is 64.8 Å². The second-order valence-electron chi connectivity index (χ2n) is 12.0. The molecule has 2 aliphatic heterocycles. The first-order chi connectivity index (χ1) is 20.5. The monoisotopic (exact) mass is 613 g/mol. The van der Waals surface area contributed by atoms with Crippen LogP contribution in [0.2, 0.25) is 5.02 Å². The predicted molar refractivity (Wildman–Crippen MR) is 159 cm³/mol. The molecule has 8 nitrogen and oxygen atoms in total. The molecule has 2 fully saturated rings. The lowest BCUT2D eigenvalue weighted by molar-refractivity contribution is -0.150. The molecule has 0 bridgehead atoms. The van der Waals surface area contributed by atoms with Gasteiger partial charge in [0, 0.05) is 42.6 Å². The van der Waals surface area contributed by atoms with Crippen LogP contribution in [0.3, 0.4) is 0 Å². The van der Waals surface area contributed by atoms with Crippen LogP contribution in [0.5, 0.6) is 5.75 Å². The minimum absolute atomic E-state index is 0.00858. The van der Waals surface area contributed by atoms with Gasteiger partial charge >= 0.3 is 0 Å². The number of rotatable bonds is 8. The predicted octanol–water partition coefficient (Wildman–Crippen LogP) is 6.15. The smallest absolute Gasteiger partial charge is 0.228 e. The Morgan fingerprint density at radius 1 is 1.21 bits per heavy atom. The second kappa shape index (κ2) is 12.6. The molecule has 0 N–H and O–H groups in total. The fraction of sp³-hybridized carbons (Fsp3) is 0.500. The van der Waals surface area contributed by atoms with E-state index in [0.717, 1.165) is 18.4 Å². The highest BCUT2D eigenvalue weighted by Gasteiger charge is 2.45. The van der Waals surface area contributed by atoms with Gasteiger partial charge in [-0.3, -0.25) is 14.3 Å². The molecule has 0 saturated carbocycles. The van der Waals surface area contributed by atoms with Crippen LogP contribution in [0.1, 0.15) is 58.1 Å². The van der Waals surface area contributed by atoms with Crippen LogP contribution < -0.4 is 4.74 Å². The highest BCUT2D eigenvalue weighted by atomic mass is 35.5. The molecule has 2 amide bonds. The van der Waals surface area contributed by atoms with Gasteiger partial charge in [-0.1, -0.05) is 42.8 Å². The van der Waals surface area contributed by atoms with Crippen molar-refractivity contribution in [1.29, 1.82) is 0 Å². The summed E-state index contributed by atoms with van der Waals surface area (Å²) in [5.74, 6) is -2.39. The maximum absolute atomic E-state index is 14.9. The standard InChI is InChI=1S/C32H38ClF2N5O3/c1-5-43-26-12-10-23(28(34)29(26)35)25-17-40(37-36-25)19-32(20(2)3)14-7-15-39(18-32)31(42)24-11-13-27(41)38(4)30(24)21-8-6-9-22(33)16-21/h6,8-10,12,16-17,20,24,30H,5,7,11,13-15,18-19H2,1-4H3. The van der Waals surface area contributed by atoms with Crippen molar-refractivity contribution < 1.29 is 23.1 Å². The maximum atomic E-state index is 14.9. The summed E-state index contributed by atoms with van der Waals surface area (Å²) in [5, 5.41) is 8.98. The molecule has 2 aromatic carbocycles. The Bertz CT molecular complexity index is 1500. The van der Waals surface area contributed by atoms with Gasteiger partial charge in [0.25, 0.3) is 0 Å². The highest BCUT2D eigenvalue weighted by Crippen LogP contribution is 2.42. The second-order valence-corrected chi connectivity index (χ2v) is 12.4. The molecule has 3 unspecified atom stereocenters. The first-order valence-corrected chi connectivity index (χ1v) is 15.2. The zero-order valence-electron chi connectivity index (χ0n) is 25.0. The van der Waals surface area contributed by atoms with E-state index >= 15 is 0 Å². The highest BCUT2D eigenvalue weighted by molar-refractivity contribution is 6.30. The summed E-state index contributed by atoms with van der Waals surface area (Å²) < 4.78 is 36.2. The number of nitrogens with zero attached hydrogens (tertiary/aromatic N) is 5. The van der Waals surface area contributed by atoms with E-state index in [1.807, 2.05) is 23.1 Å². The number of hydrogen-bond acceptors (Lipinski definition) is 5. The van der Waals surface area contributed by atoms with Crippen LogP contribution in [-0.4, -0.2) is 63.4 Å². The average Bonchev–Trinajstić information content (AvgIpc) is 3.44. The van der Waals surface area contributed by atoms with E-state index in [4.69, 9.17) is 16.3 Å². The Morgan fingerprint density at radius 2 is 2.00 bits per heavy atom. The molecule has 1 aromatic heterocycles. The van der Waals surface area contributed by atoms with Crippen molar-refractivity contribution in [3.8, 4) is 17.0 Å². The van der Waals surface area contributed by atoms with Crippen LogP contribution in [0, 0.1) is 28.9 Å². The van der Waals surface area contributed by atoms with E-state index < -0.39 is 17.7 Å². The van der Waals surface area contributed by atoms with Gasteiger partial charge in [-0.25, -0.2) is 4.39 Å². The maximum Gasteiger partial charge on any atom is 0.228 e. The molecule has 3 atom stereocenters. The zero-order chi connectivity index (χ0) is 30.9. The summed E-state index contributed by atoms with van der Waals surface area (Å²) >= 11 is 6.29. The van der Waals surface area contributed by atoms with Crippen molar-refractivity contribution in [1.82, 2.24) is 24.8 Å². The quantitative estimate of drug-likeness (QED) is 0.304. The van der Waals surface area contributed by atoms with Crippen molar-refractivity contribution in [2.45, 2.75) is 59.0 Å². The molecule has 43 heavy (non-hydrogen) atoms. The number of halogens is 3. The fourth-order valence-corrected chi connectivity index (χ4v) is 6.83. The van der Waals surface area contributed by atoms with Gasteiger partial charge in [0.2, 0.25) is 17.6 Å². The SMILES string of the molecule is CCOc1ccc(-c2cn(CC3(C(C)C)CCCN(C(=O)C4CCC(=O)N(C)C4c4cccc(Cl)c4)C3)nn2)c(F)c1F. The van der Waals surface area contributed by atoms with Crippen LogP contribution in [0.15, 0.2) is 42.6 Å². The van der Waals surface area contributed by atoms with Gasteiger partial charge in [0.05, 0.1) is 31.3 Å². The first kappa shape index (κ1) is 30.9. The van der Waals surface area contributed by atoms with Crippen LogP contribution in [0.25, 0.3) is 11.3 Å². The number of carbonyl (C=O) groups excluding carboxylic acids is 2. The minimum Gasteiger partial charge on any atom is -0.491 e. The van der Waals surface area contributed by atoms with Gasteiger partial charge in [0.15, 0.2) is 11.6 Å². The van der Waals surface area contributed by atoms with Crippen molar-refractivity contribution in [3.63, 3.8) is 0 Å². The van der Waals surface area contributed by atoms with E-state index in [-0.39, 0.29) is 52.7 Å². The number of likely N-dealkylation sites (tertiary alicyclic amines) is 2. The third kappa shape index (κ3) is 6.12. The summed E-state index contributed by atoms with van der Waals surface area (Å²) in [6.07, 6.45) is 4.10. The molecule has 3 aromatic rings. The molecule has 0 aliphatic carbocycles. The van der Waals surface area contributed by atoms with E-state index in [1.165, 1.54) is 12.1 Å². The largest absolute Gasteiger partial charge is 0.491 e. The number of hydrogen-bond donors (Lipinski definition) is 0. The van der Waals surface area contributed by atoms with Crippen LogP contribution in [-0.2, 0) is 16.1 Å². The molecule has 0 spiro atoms.